The number of piperazine rings is 1. The van der Waals surface area contributed by atoms with Crippen LogP contribution >= 0.6 is 0 Å². The van der Waals surface area contributed by atoms with Gasteiger partial charge in [-0.2, -0.15) is 0 Å². The number of nitrogens with zero attached hydrogens (tertiary/aromatic N) is 5. The van der Waals surface area contributed by atoms with Crippen molar-refractivity contribution in [3.05, 3.63) is 42.1 Å². The zero-order valence-corrected chi connectivity index (χ0v) is 26.4. The topological polar surface area (TPSA) is 145 Å². The highest BCUT2D eigenvalue weighted by Crippen LogP contribution is 2.54. The summed E-state index contributed by atoms with van der Waals surface area (Å²) < 4.78 is 5.32. The third-order valence-corrected chi connectivity index (χ3v) is 9.16. The highest BCUT2D eigenvalue weighted by Gasteiger charge is 2.55. The largest absolute Gasteiger partial charge is 0.481 e. The molecule has 3 heterocycles. The quantitative estimate of drug-likeness (QED) is 0.341. The number of ether oxygens (including phenoxy) is 1. The van der Waals surface area contributed by atoms with Crippen LogP contribution in [0.5, 0.6) is 0 Å². The summed E-state index contributed by atoms with van der Waals surface area (Å²) in [6.45, 7) is 9.19. The summed E-state index contributed by atoms with van der Waals surface area (Å²) in [6, 6.07) is 10.4. The number of carboxylic acid groups (broad SMARTS) is 1. The molecule has 5 rings (SSSR count). The van der Waals surface area contributed by atoms with Gasteiger partial charge in [-0.1, -0.05) is 57.5 Å². The van der Waals surface area contributed by atoms with Gasteiger partial charge in [0.1, 0.15) is 17.6 Å². The summed E-state index contributed by atoms with van der Waals surface area (Å²) in [5, 5.41) is 12.0. The van der Waals surface area contributed by atoms with Crippen LogP contribution in [0.3, 0.4) is 0 Å². The zero-order valence-electron chi connectivity index (χ0n) is 26.4. The van der Waals surface area contributed by atoms with Gasteiger partial charge in [-0.25, -0.2) is 14.8 Å². The number of benzene rings is 1. The van der Waals surface area contributed by atoms with Crippen molar-refractivity contribution in [1.82, 2.24) is 25.1 Å². The van der Waals surface area contributed by atoms with Gasteiger partial charge >= 0.3 is 12.1 Å². The maximum atomic E-state index is 13.7. The summed E-state index contributed by atoms with van der Waals surface area (Å²) in [5.74, 6) is 0.758. The van der Waals surface area contributed by atoms with E-state index in [0.29, 0.717) is 68.6 Å². The number of hydrogen-bond donors (Lipinski definition) is 2. The van der Waals surface area contributed by atoms with Gasteiger partial charge in [0.15, 0.2) is 5.82 Å². The molecule has 1 aromatic carbocycles. The van der Waals surface area contributed by atoms with Crippen molar-refractivity contribution >= 4 is 29.7 Å². The first kappa shape index (κ1) is 32.2. The van der Waals surface area contributed by atoms with Crippen LogP contribution in [0.15, 0.2) is 36.4 Å². The summed E-state index contributed by atoms with van der Waals surface area (Å²) in [6.07, 6.45) is 2.27. The summed E-state index contributed by atoms with van der Waals surface area (Å²) in [5.41, 5.74) is 0.958. The maximum absolute atomic E-state index is 13.7. The lowest BCUT2D eigenvalue weighted by Crippen LogP contribution is -2.57. The molecule has 1 aromatic heterocycles. The van der Waals surface area contributed by atoms with Gasteiger partial charge in [0.25, 0.3) is 5.91 Å². The van der Waals surface area contributed by atoms with Crippen molar-refractivity contribution in [3.63, 3.8) is 0 Å². The summed E-state index contributed by atoms with van der Waals surface area (Å²) in [4.78, 5) is 65.6. The molecule has 1 unspecified atom stereocenters. The fourth-order valence-corrected chi connectivity index (χ4v) is 6.41. The van der Waals surface area contributed by atoms with Crippen LogP contribution in [0.2, 0.25) is 0 Å². The summed E-state index contributed by atoms with van der Waals surface area (Å²) in [7, 11) is 0. The molecule has 2 saturated heterocycles. The Labute approximate surface area is 264 Å². The van der Waals surface area contributed by atoms with Gasteiger partial charge < -0.3 is 29.9 Å². The number of carbonyl (C=O) groups is 4. The lowest BCUT2D eigenvalue weighted by atomic mass is 10.0. The highest BCUT2D eigenvalue weighted by molar-refractivity contribution is 5.97. The zero-order chi connectivity index (χ0) is 32.1. The first-order chi connectivity index (χ1) is 21.7. The molecular formula is C33H44N6O6. The van der Waals surface area contributed by atoms with Gasteiger partial charge in [-0.15, -0.1) is 0 Å². The first-order valence-electron chi connectivity index (χ1n) is 16.1. The molecule has 3 fully saturated rings. The molecule has 1 aliphatic carbocycles. The Kier molecular flexibility index (Phi) is 10.2. The first-order valence-corrected chi connectivity index (χ1v) is 16.1. The standard InChI is InChI=1S/C33H44N6O6/c1-4-5-17-45-33(44)38-15-13-37(14-16-38)32(43)29(21(2)3)36-31(42)26-18-27(35-30(34-26)22-9-7-6-8-10-22)39-19-24-23(25(24)20-39)11-12-28(40)41/h6-10,18,21,23-25,29H,4-5,11-17,19-20H2,1-3H3,(H,36,42)(H,40,41)/t23-,24-,25?,29-/m0/s1. The van der Waals surface area contributed by atoms with Crippen molar-refractivity contribution in [2.24, 2.45) is 23.7 Å². The number of nitrogens with one attached hydrogen (secondary N) is 1. The Morgan fingerprint density at radius 3 is 2.29 bits per heavy atom. The van der Waals surface area contributed by atoms with E-state index in [1.54, 1.807) is 15.9 Å². The van der Waals surface area contributed by atoms with Gasteiger partial charge in [-0.05, 0) is 36.5 Å². The van der Waals surface area contributed by atoms with E-state index in [1.807, 2.05) is 51.1 Å². The lowest BCUT2D eigenvalue weighted by Gasteiger charge is -2.36. The Morgan fingerprint density at radius 1 is 1.00 bits per heavy atom. The molecule has 2 aromatic rings. The van der Waals surface area contributed by atoms with Gasteiger partial charge in [0.05, 0.1) is 6.61 Å². The van der Waals surface area contributed by atoms with Crippen molar-refractivity contribution in [1.29, 1.82) is 0 Å². The third-order valence-electron chi connectivity index (χ3n) is 9.16. The minimum absolute atomic E-state index is 0.179. The Bertz CT molecular complexity index is 1370. The normalized spacial score (nSPS) is 21.3. The number of amides is 3. The van der Waals surface area contributed by atoms with E-state index in [-0.39, 0.29) is 30.0 Å². The molecule has 4 atom stereocenters. The molecule has 0 spiro atoms. The van der Waals surface area contributed by atoms with E-state index in [9.17, 15) is 19.2 Å². The number of aliphatic carboxylic acids is 1. The minimum atomic E-state index is -0.770. The van der Waals surface area contributed by atoms with E-state index in [1.165, 1.54) is 0 Å². The maximum Gasteiger partial charge on any atom is 0.409 e. The molecule has 45 heavy (non-hydrogen) atoms. The number of hydrogen-bond acceptors (Lipinski definition) is 8. The molecule has 1 saturated carbocycles. The monoisotopic (exact) mass is 620 g/mol. The van der Waals surface area contributed by atoms with Crippen LogP contribution < -0.4 is 10.2 Å². The second-order valence-electron chi connectivity index (χ2n) is 12.6. The number of anilines is 1. The second kappa shape index (κ2) is 14.3. The van der Waals surface area contributed by atoms with Crippen molar-refractivity contribution in [2.45, 2.75) is 52.5 Å². The lowest BCUT2D eigenvalue weighted by molar-refractivity contribution is -0.137. The molecule has 0 bridgehead atoms. The van der Waals surface area contributed by atoms with Crippen molar-refractivity contribution < 1.29 is 29.0 Å². The molecule has 12 heteroatoms. The van der Waals surface area contributed by atoms with Crippen molar-refractivity contribution in [3.8, 4) is 11.4 Å². The Hall–Kier alpha value is -4.22. The predicted molar refractivity (Wildman–Crippen MR) is 168 cm³/mol. The number of piperidine rings is 1. The Balaban J connectivity index is 1.27. The van der Waals surface area contributed by atoms with Crippen LogP contribution in [-0.2, 0) is 14.3 Å². The molecule has 12 nitrogen and oxygen atoms in total. The van der Waals surface area contributed by atoms with Crippen LogP contribution in [0.25, 0.3) is 11.4 Å². The predicted octanol–water partition coefficient (Wildman–Crippen LogP) is 3.53. The number of carbonyl (C=O) groups excluding carboxylic acids is 3. The number of aromatic nitrogens is 2. The van der Waals surface area contributed by atoms with E-state index in [2.05, 4.69) is 15.2 Å². The molecule has 3 amide bonds. The molecular weight excluding hydrogens is 576 g/mol. The third kappa shape index (κ3) is 7.72. The molecule has 2 N–H and O–H groups in total. The fourth-order valence-electron chi connectivity index (χ4n) is 6.41. The molecule has 2 aliphatic heterocycles. The van der Waals surface area contributed by atoms with E-state index in [0.717, 1.165) is 31.5 Å². The number of carboxylic acids is 1. The van der Waals surface area contributed by atoms with Gasteiger partial charge in [0.2, 0.25) is 5.91 Å². The van der Waals surface area contributed by atoms with Crippen LogP contribution in [0.4, 0.5) is 10.6 Å². The number of rotatable bonds is 12. The van der Waals surface area contributed by atoms with Crippen molar-refractivity contribution in [2.75, 3.05) is 50.8 Å². The van der Waals surface area contributed by atoms with E-state index < -0.39 is 17.9 Å². The molecule has 3 aliphatic rings. The smallest absolute Gasteiger partial charge is 0.409 e. The average molecular weight is 621 g/mol. The number of fused-ring (bicyclic) bond motifs is 1. The fraction of sp³-hybridized carbons (Fsp3) is 0.576. The second-order valence-corrected chi connectivity index (χ2v) is 12.6. The highest BCUT2D eigenvalue weighted by atomic mass is 16.6. The SMILES string of the molecule is CCCCOC(=O)N1CCN(C(=O)[C@@H](NC(=O)c2cc(N3CC4[C@@H](CCC(=O)O)[C@@H]4C3)nc(-c3ccccc3)n2)C(C)C)CC1. The minimum Gasteiger partial charge on any atom is -0.481 e. The van der Waals surface area contributed by atoms with Crippen LogP contribution in [0.1, 0.15) is 56.9 Å². The number of unbranched alkanes of at least 4 members (excludes halogenated alkanes) is 1. The summed E-state index contributed by atoms with van der Waals surface area (Å²) >= 11 is 0. The van der Waals surface area contributed by atoms with Crippen LogP contribution in [0, 0.1) is 23.7 Å². The van der Waals surface area contributed by atoms with Crippen LogP contribution in [-0.4, -0.2) is 101 Å². The van der Waals surface area contributed by atoms with E-state index >= 15 is 0 Å². The molecule has 242 valence electrons. The van der Waals surface area contributed by atoms with E-state index in [4.69, 9.17) is 14.8 Å². The van der Waals surface area contributed by atoms with Gasteiger partial charge in [0, 0.05) is 57.3 Å². The Morgan fingerprint density at radius 2 is 1.67 bits per heavy atom. The average Bonchev–Trinajstić information content (AvgIpc) is 3.50. The van der Waals surface area contributed by atoms with Gasteiger partial charge in [-0.3, -0.25) is 14.4 Å². The molecule has 0 radical (unpaired) electrons.